The van der Waals surface area contributed by atoms with Crippen LogP contribution in [-0.2, 0) is 10.1 Å². The van der Waals surface area contributed by atoms with Crippen molar-refractivity contribution in [1.29, 1.82) is 0 Å². The van der Waals surface area contributed by atoms with E-state index in [2.05, 4.69) is 6.92 Å². The molecule has 1 aromatic carbocycles. The summed E-state index contributed by atoms with van der Waals surface area (Å²) in [5.74, 6) is 0.345. The number of rotatable bonds is 4. The maximum atomic E-state index is 10.9. The Labute approximate surface area is 96.9 Å². The highest BCUT2D eigenvalue weighted by atomic mass is 32.2. The first-order valence-corrected chi connectivity index (χ1v) is 6.93. The maximum absolute atomic E-state index is 10.9. The van der Waals surface area contributed by atoms with Gasteiger partial charge in [-0.2, -0.15) is 8.42 Å². The summed E-state index contributed by atoms with van der Waals surface area (Å²) in [5.41, 5.74) is 2.32. The minimum Gasteiger partial charge on any atom is -0.383 e. The molecule has 0 saturated heterocycles. The van der Waals surface area contributed by atoms with Gasteiger partial charge in [0.2, 0.25) is 0 Å². The van der Waals surface area contributed by atoms with Crippen LogP contribution in [0.15, 0.2) is 30.3 Å². The Kier molecular flexibility index (Phi) is 4.12. The molecule has 0 aliphatic heterocycles. The summed E-state index contributed by atoms with van der Waals surface area (Å²) in [4.78, 5) is 0. The lowest BCUT2D eigenvalue weighted by Crippen LogP contribution is -2.05. The van der Waals surface area contributed by atoms with Crippen molar-refractivity contribution in [1.82, 2.24) is 0 Å². The first kappa shape index (κ1) is 12.8. The molecular weight excluding hydrogens is 224 g/mol. The zero-order valence-corrected chi connectivity index (χ0v) is 10.5. The highest BCUT2D eigenvalue weighted by Crippen LogP contribution is 2.21. The minimum absolute atomic E-state index is 0.345. The Hall–Kier alpha value is -1.29. The van der Waals surface area contributed by atoms with E-state index < -0.39 is 10.1 Å². The van der Waals surface area contributed by atoms with Crippen LogP contribution in [0.3, 0.4) is 0 Å². The van der Waals surface area contributed by atoms with Gasteiger partial charge in [-0.3, -0.25) is 0 Å². The third-order valence-electron chi connectivity index (χ3n) is 2.20. The molecule has 0 amide bonds. The lowest BCUT2D eigenvalue weighted by Gasteiger charge is -2.06. The molecule has 88 valence electrons. The second-order valence-electron chi connectivity index (χ2n) is 3.48. The quantitative estimate of drug-likeness (QED) is 0.760. The highest BCUT2D eigenvalue weighted by molar-refractivity contribution is 7.86. The first-order valence-electron chi connectivity index (χ1n) is 5.11. The molecule has 0 bridgehead atoms. The third kappa shape index (κ3) is 3.70. The van der Waals surface area contributed by atoms with Crippen molar-refractivity contribution < 1.29 is 12.6 Å². The molecular formula is C12H16O3S. The Morgan fingerprint density at radius 2 is 1.88 bits per heavy atom. The van der Waals surface area contributed by atoms with Crippen LogP contribution in [0.5, 0.6) is 5.75 Å². The molecule has 0 radical (unpaired) electrons. The lowest BCUT2D eigenvalue weighted by atomic mass is 10.0. The van der Waals surface area contributed by atoms with Crippen molar-refractivity contribution >= 4 is 15.7 Å². The van der Waals surface area contributed by atoms with Crippen LogP contribution in [0, 0.1) is 0 Å². The largest absolute Gasteiger partial charge is 0.383 e. The summed E-state index contributed by atoms with van der Waals surface area (Å²) in [7, 11) is -3.44. The van der Waals surface area contributed by atoms with Crippen molar-refractivity contribution in [2.45, 2.75) is 20.3 Å². The summed E-state index contributed by atoms with van der Waals surface area (Å²) < 4.78 is 26.6. The molecule has 0 aliphatic carbocycles. The van der Waals surface area contributed by atoms with Crippen LogP contribution in [0.25, 0.3) is 5.57 Å². The average Bonchev–Trinajstić information content (AvgIpc) is 2.20. The zero-order valence-electron chi connectivity index (χ0n) is 9.73. The second-order valence-corrected chi connectivity index (χ2v) is 5.05. The molecule has 4 heteroatoms. The van der Waals surface area contributed by atoms with Crippen molar-refractivity contribution in [3.63, 3.8) is 0 Å². The van der Waals surface area contributed by atoms with E-state index in [0.717, 1.165) is 18.2 Å². The molecule has 0 saturated carbocycles. The molecule has 0 heterocycles. The van der Waals surface area contributed by atoms with Gasteiger partial charge in [0.25, 0.3) is 0 Å². The lowest BCUT2D eigenvalue weighted by molar-refractivity contribution is 0.493. The monoisotopic (exact) mass is 240 g/mol. The Morgan fingerprint density at radius 3 is 2.25 bits per heavy atom. The van der Waals surface area contributed by atoms with Gasteiger partial charge < -0.3 is 4.18 Å². The van der Waals surface area contributed by atoms with Crippen LogP contribution >= 0.6 is 0 Å². The molecule has 0 fully saturated rings. The van der Waals surface area contributed by atoms with Crippen molar-refractivity contribution in [2.75, 3.05) is 6.26 Å². The van der Waals surface area contributed by atoms with Gasteiger partial charge in [0, 0.05) is 0 Å². The van der Waals surface area contributed by atoms with Crippen molar-refractivity contribution in [3.05, 3.63) is 35.9 Å². The van der Waals surface area contributed by atoms with Gasteiger partial charge in [-0.05, 0) is 36.6 Å². The maximum Gasteiger partial charge on any atom is 0.306 e. The predicted octanol–water partition coefficient (Wildman–Crippen LogP) is 2.84. The average molecular weight is 240 g/mol. The topological polar surface area (TPSA) is 43.4 Å². The van der Waals surface area contributed by atoms with E-state index in [1.165, 1.54) is 5.57 Å². The van der Waals surface area contributed by atoms with Crippen LogP contribution in [0.1, 0.15) is 25.8 Å². The summed E-state index contributed by atoms with van der Waals surface area (Å²) in [5, 5.41) is 0. The fourth-order valence-electron chi connectivity index (χ4n) is 1.47. The van der Waals surface area contributed by atoms with Gasteiger partial charge in [-0.25, -0.2) is 0 Å². The van der Waals surface area contributed by atoms with E-state index in [-0.39, 0.29) is 0 Å². The standard InChI is InChI=1S/C12H16O3S/c1-4-10(5-2)11-6-8-12(9-7-11)15-16(3,13)14/h4,6-9H,5H2,1-3H3/b10-4-. The summed E-state index contributed by atoms with van der Waals surface area (Å²) >= 11 is 0. The SMILES string of the molecule is C/C=C(/CC)c1ccc(OS(C)(=O)=O)cc1. The molecule has 16 heavy (non-hydrogen) atoms. The molecule has 1 aromatic rings. The Morgan fingerprint density at radius 1 is 1.31 bits per heavy atom. The molecule has 0 aromatic heterocycles. The fraction of sp³-hybridized carbons (Fsp3) is 0.333. The molecule has 3 nitrogen and oxygen atoms in total. The summed E-state index contributed by atoms with van der Waals surface area (Å²) in [6, 6.07) is 7.05. The van der Waals surface area contributed by atoms with Gasteiger partial charge in [-0.15, -0.1) is 0 Å². The number of hydrogen-bond donors (Lipinski definition) is 0. The van der Waals surface area contributed by atoms with Crippen LogP contribution in [-0.4, -0.2) is 14.7 Å². The smallest absolute Gasteiger partial charge is 0.306 e. The molecule has 0 atom stereocenters. The van der Waals surface area contributed by atoms with Gasteiger partial charge >= 0.3 is 10.1 Å². The minimum atomic E-state index is -3.44. The predicted molar refractivity (Wildman–Crippen MR) is 65.9 cm³/mol. The summed E-state index contributed by atoms with van der Waals surface area (Å²) in [6.45, 7) is 4.07. The molecule has 0 aliphatic rings. The number of hydrogen-bond acceptors (Lipinski definition) is 3. The van der Waals surface area contributed by atoms with E-state index in [1.807, 2.05) is 25.1 Å². The highest BCUT2D eigenvalue weighted by Gasteiger charge is 2.04. The van der Waals surface area contributed by atoms with Crippen molar-refractivity contribution in [3.8, 4) is 5.75 Å². The second kappa shape index (κ2) is 5.16. The third-order valence-corrected chi connectivity index (χ3v) is 2.70. The van der Waals surface area contributed by atoms with Gasteiger partial charge in [0.15, 0.2) is 0 Å². The number of benzene rings is 1. The van der Waals surface area contributed by atoms with Crippen LogP contribution < -0.4 is 4.18 Å². The fourth-order valence-corrected chi connectivity index (χ4v) is 1.93. The molecule has 1 rings (SSSR count). The zero-order chi connectivity index (χ0) is 12.2. The van der Waals surface area contributed by atoms with Gasteiger partial charge in [-0.1, -0.05) is 25.1 Å². The summed E-state index contributed by atoms with van der Waals surface area (Å²) in [6.07, 6.45) is 4.03. The van der Waals surface area contributed by atoms with Gasteiger partial charge in [0.1, 0.15) is 5.75 Å². The first-order chi connectivity index (χ1) is 7.46. The van der Waals surface area contributed by atoms with Crippen LogP contribution in [0.2, 0.25) is 0 Å². The van der Waals surface area contributed by atoms with E-state index in [9.17, 15) is 8.42 Å². The Balaban J connectivity index is 2.92. The van der Waals surface area contributed by atoms with E-state index >= 15 is 0 Å². The molecule has 0 N–H and O–H groups in total. The van der Waals surface area contributed by atoms with Gasteiger partial charge in [0.05, 0.1) is 6.26 Å². The van der Waals surface area contributed by atoms with Crippen LogP contribution in [0.4, 0.5) is 0 Å². The molecule has 0 spiro atoms. The molecule has 0 unspecified atom stereocenters. The normalized spacial score (nSPS) is 12.6. The van der Waals surface area contributed by atoms with Crippen molar-refractivity contribution in [2.24, 2.45) is 0 Å². The van der Waals surface area contributed by atoms with E-state index in [1.54, 1.807) is 12.1 Å². The van der Waals surface area contributed by atoms with E-state index in [4.69, 9.17) is 4.18 Å². The van der Waals surface area contributed by atoms with E-state index in [0.29, 0.717) is 5.75 Å². The number of allylic oxidation sites excluding steroid dienone is 2. The Bertz CT molecular complexity index is 469.